The van der Waals surface area contributed by atoms with Crippen LogP contribution in [0.4, 0.5) is 0 Å². The molecule has 1 aromatic rings. The van der Waals surface area contributed by atoms with Crippen LogP contribution in [0, 0.1) is 0 Å². The third kappa shape index (κ3) is 3.53. The van der Waals surface area contributed by atoms with Crippen molar-refractivity contribution in [2.75, 3.05) is 13.1 Å². The molecule has 1 aliphatic rings. The third-order valence-corrected chi connectivity index (χ3v) is 3.25. The molecule has 0 spiro atoms. The van der Waals surface area contributed by atoms with Gasteiger partial charge in [0.05, 0.1) is 6.54 Å². The maximum Gasteiger partial charge on any atom is 0.245 e. The number of piperazine rings is 1. The number of nitrogens with zero attached hydrogens (tertiary/aromatic N) is 2. The summed E-state index contributed by atoms with van der Waals surface area (Å²) in [5, 5.41) is 2.75. The molecule has 1 atom stereocenters. The Balaban J connectivity index is 1.95. The SMILES string of the molecule is CCCC1NC(=O)CN(CCc2cccnc2)C1=O. The number of pyridine rings is 1. The second-order valence-electron chi connectivity index (χ2n) is 4.78. The Labute approximate surface area is 113 Å². The fraction of sp³-hybridized carbons (Fsp3) is 0.500. The lowest BCUT2D eigenvalue weighted by atomic mass is 10.1. The van der Waals surface area contributed by atoms with Gasteiger partial charge >= 0.3 is 0 Å². The van der Waals surface area contributed by atoms with Crippen molar-refractivity contribution >= 4 is 11.8 Å². The van der Waals surface area contributed by atoms with Crippen molar-refractivity contribution in [1.82, 2.24) is 15.2 Å². The molecule has 2 amide bonds. The monoisotopic (exact) mass is 261 g/mol. The van der Waals surface area contributed by atoms with Crippen molar-refractivity contribution in [2.24, 2.45) is 0 Å². The topological polar surface area (TPSA) is 62.3 Å². The summed E-state index contributed by atoms with van der Waals surface area (Å²) in [7, 11) is 0. The first kappa shape index (κ1) is 13.5. The average molecular weight is 261 g/mol. The van der Waals surface area contributed by atoms with Crippen molar-refractivity contribution in [2.45, 2.75) is 32.2 Å². The van der Waals surface area contributed by atoms with Crippen LogP contribution in [0.1, 0.15) is 25.3 Å². The standard InChI is InChI=1S/C14H19N3O2/c1-2-4-12-14(19)17(10-13(18)16-12)8-6-11-5-3-7-15-9-11/h3,5,7,9,12H,2,4,6,8,10H2,1H3,(H,16,18). The summed E-state index contributed by atoms with van der Waals surface area (Å²) in [4.78, 5) is 29.5. The minimum absolute atomic E-state index is 0.0327. The minimum Gasteiger partial charge on any atom is -0.343 e. The van der Waals surface area contributed by atoms with E-state index in [4.69, 9.17) is 0 Å². The minimum atomic E-state index is -0.347. The average Bonchev–Trinajstić information content (AvgIpc) is 2.42. The fourth-order valence-electron chi connectivity index (χ4n) is 2.26. The van der Waals surface area contributed by atoms with E-state index >= 15 is 0 Å². The van der Waals surface area contributed by atoms with Gasteiger partial charge in [-0.25, -0.2) is 0 Å². The van der Waals surface area contributed by atoms with Crippen molar-refractivity contribution in [1.29, 1.82) is 0 Å². The number of carbonyl (C=O) groups excluding carboxylic acids is 2. The lowest BCUT2D eigenvalue weighted by Crippen LogP contribution is -2.58. The molecule has 0 aromatic carbocycles. The second-order valence-corrected chi connectivity index (χ2v) is 4.78. The van der Waals surface area contributed by atoms with E-state index in [-0.39, 0.29) is 24.4 Å². The molecule has 5 heteroatoms. The van der Waals surface area contributed by atoms with Crippen molar-refractivity contribution in [3.05, 3.63) is 30.1 Å². The number of carbonyl (C=O) groups is 2. The van der Waals surface area contributed by atoms with E-state index in [0.29, 0.717) is 13.0 Å². The number of hydrogen-bond donors (Lipinski definition) is 1. The van der Waals surface area contributed by atoms with Crippen molar-refractivity contribution < 1.29 is 9.59 Å². The summed E-state index contributed by atoms with van der Waals surface area (Å²) < 4.78 is 0. The molecular formula is C14H19N3O2. The van der Waals surface area contributed by atoms with Gasteiger partial charge < -0.3 is 10.2 Å². The number of nitrogens with one attached hydrogen (secondary N) is 1. The van der Waals surface area contributed by atoms with Gasteiger partial charge in [-0.1, -0.05) is 19.4 Å². The van der Waals surface area contributed by atoms with Gasteiger partial charge in [-0.3, -0.25) is 14.6 Å². The van der Waals surface area contributed by atoms with Crippen LogP contribution in [0.15, 0.2) is 24.5 Å². The molecule has 2 rings (SSSR count). The van der Waals surface area contributed by atoms with E-state index in [1.807, 2.05) is 19.1 Å². The van der Waals surface area contributed by atoms with E-state index in [1.165, 1.54) is 0 Å². The Morgan fingerprint density at radius 2 is 2.32 bits per heavy atom. The summed E-state index contributed by atoms with van der Waals surface area (Å²) in [5.41, 5.74) is 1.08. The predicted octanol–water partition coefficient (Wildman–Crippen LogP) is 0.751. The zero-order valence-corrected chi connectivity index (χ0v) is 11.1. The zero-order valence-electron chi connectivity index (χ0n) is 11.1. The number of aromatic nitrogens is 1. The molecule has 1 saturated heterocycles. The molecule has 2 heterocycles. The highest BCUT2D eigenvalue weighted by molar-refractivity contribution is 5.94. The van der Waals surface area contributed by atoms with E-state index in [9.17, 15) is 9.59 Å². The Bertz CT molecular complexity index is 447. The predicted molar refractivity (Wildman–Crippen MR) is 71.4 cm³/mol. The first-order valence-electron chi connectivity index (χ1n) is 6.67. The molecule has 0 saturated carbocycles. The Hall–Kier alpha value is -1.91. The van der Waals surface area contributed by atoms with Gasteiger partial charge in [0.25, 0.3) is 0 Å². The molecule has 1 N–H and O–H groups in total. The van der Waals surface area contributed by atoms with Crippen LogP contribution in [0.25, 0.3) is 0 Å². The largest absolute Gasteiger partial charge is 0.343 e. The van der Waals surface area contributed by atoms with Crippen LogP contribution in [0.3, 0.4) is 0 Å². The molecule has 1 unspecified atom stereocenters. The number of rotatable bonds is 5. The smallest absolute Gasteiger partial charge is 0.245 e. The lowest BCUT2D eigenvalue weighted by molar-refractivity contribution is -0.144. The normalized spacial score (nSPS) is 19.4. The summed E-state index contributed by atoms with van der Waals surface area (Å²) in [6.45, 7) is 2.74. The Kier molecular flexibility index (Phi) is 4.49. The van der Waals surface area contributed by atoms with Gasteiger partial charge in [0.15, 0.2) is 0 Å². The maximum atomic E-state index is 12.2. The van der Waals surface area contributed by atoms with Crippen LogP contribution >= 0.6 is 0 Å². The van der Waals surface area contributed by atoms with Gasteiger partial charge in [-0.05, 0) is 24.5 Å². The molecule has 1 aliphatic heterocycles. The van der Waals surface area contributed by atoms with Crippen LogP contribution < -0.4 is 5.32 Å². The van der Waals surface area contributed by atoms with Crippen LogP contribution in [0.2, 0.25) is 0 Å². The highest BCUT2D eigenvalue weighted by Gasteiger charge is 2.31. The molecule has 1 fully saturated rings. The van der Waals surface area contributed by atoms with E-state index < -0.39 is 0 Å². The maximum absolute atomic E-state index is 12.2. The molecule has 19 heavy (non-hydrogen) atoms. The molecule has 102 valence electrons. The molecule has 0 radical (unpaired) electrons. The Morgan fingerprint density at radius 1 is 1.47 bits per heavy atom. The molecule has 5 nitrogen and oxygen atoms in total. The second kappa shape index (κ2) is 6.31. The van der Waals surface area contributed by atoms with Gasteiger partial charge in [0.1, 0.15) is 6.04 Å². The van der Waals surface area contributed by atoms with Crippen LogP contribution in [-0.4, -0.2) is 40.8 Å². The highest BCUT2D eigenvalue weighted by atomic mass is 16.2. The van der Waals surface area contributed by atoms with Gasteiger partial charge in [-0.2, -0.15) is 0 Å². The molecular weight excluding hydrogens is 242 g/mol. The molecule has 0 aliphatic carbocycles. The number of amides is 2. The van der Waals surface area contributed by atoms with Crippen molar-refractivity contribution in [3.63, 3.8) is 0 Å². The first-order valence-corrected chi connectivity index (χ1v) is 6.67. The Morgan fingerprint density at radius 3 is 3.00 bits per heavy atom. The summed E-state index contributed by atoms with van der Waals surface area (Å²) >= 11 is 0. The lowest BCUT2D eigenvalue weighted by Gasteiger charge is -2.32. The third-order valence-electron chi connectivity index (χ3n) is 3.25. The van der Waals surface area contributed by atoms with Gasteiger partial charge in [-0.15, -0.1) is 0 Å². The van der Waals surface area contributed by atoms with E-state index in [0.717, 1.165) is 18.4 Å². The van der Waals surface area contributed by atoms with Crippen LogP contribution in [0.5, 0.6) is 0 Å². The number of hydrogen-bond acceptors (Lipinski definition) is 3. The molecule has 1 aromatic heterocycles. The zero-order chi connectivity index (χ0) is 13.7. The van der Waals surface area contributed by atoms with E-state index in [2.05, 4.69) is 10.3 Å². The van der Waals surface area contributed by atoms with Crippen molar-refractivity contribution in [3.8, 4) is 0 Å². The first-order chi connectivity index (χ1) is 9.20. The quantitative estimate of drug-likeness (QED) is 0.851. The molecule has 0 bridgehead atoms. The van der Waals surface area contributed by atoms with E-state index in [1.54, 1.807) is 17.3 Å². The van der Waals surface area contributed by atoms with Gasteiger partial charge in [0, 0.05) is 18.9 Å². The summed E-state index contributed by atoms with van der Waals surface area (Å²) in [5.74, 6) is -0.0328. The summed E-state index contributed by atoms with van der Waals surface area (Å²) in [6, 6.07) is 3.51. The van der Waals surface area contributed by atoms with Crippen LogP contribution in [-0.2, 0) is 16.0 Å². The highest BCUT2D eigenvalue weighted by Crippen LogP contribution is 2.09. The fourth-order valence-corrected chi connectivity index (χ4v) is 2.26. The summed E-state index contributed by atoms with van der Waals surface area (Å²) in [6.07, 6.45) is 5.82. The van der Waals surface area contributed by atoms with Gasteiger partial charge in [0.2, 0.25) is 11.8 Å².